The van der Waals surface area contributed by atoms with Gasteiger partial charge in [-0.2, -0.15) is 4.68 Å². The van der Waals surface area contributed by atoms with Gasteiger partial charge in [-0.25, -0.2) is 4.98 Å². The Morgan fingerprint density at radius 2 is 1.96 bits per heavy atom. The lowest BCUT2D eigenvalue weighted by atomic mass is 10.1. The van der Waals surface area contributed by atoms with Crippen molar-refractivity contribution in [2.75, 3.05) is 0 Å². The molecule has 4 nitrogen and oxygen atoms in total. The van der Waals surface area contributed by atoms with Gasteiger partial charge in [0.1, 0.15) is 0 Å². The van der Waals surface area contributed by atoms with Crippen LogP contribution in [0.4, 0.5) is 0 Å². The first-order valence-electron chi connectivity index (χ1n) is 7.49. The number of hydrogen-bond donors (Lipinski definition) is 0. The first-order valence-corrected chi connectivity index (χ1v) is 8.37. The van der Waals surface area contributed by atoms with Crippen LogP contribution < -0.4 is 0 Å². The zero-order valence-corrected chi connectivity index (χ0v) is 13.5. The summed E-state index contributed by atoms with van der Waals surface area (Å²) < 4.78 is 1.45. The molecule has 1 atom stereocenters. The van der Waals surface area contributed by atoms with Crippen LogP contribution in [0.2, 0.25) is 0 Å². The molecule has 3 aromatic rings. The Kier molecular flexibility index (Phi) is 3.50. The molecule has 0 bridgehead atoms. The van der Waals surface area contributed by atoms with Gasteiger partial charge in [0, 0.05) is 17.2 Å². The van der Waals surface area contributed by atoms with Crippen LogP contribution in [0.3, 0.4) is 0 Å². The van der Waals surface area contributed by atoms with Crippen LogP contribution in [0.1, 0.15) is 27.6 Å². The Hall–Kier alpha value is -2.40. The summed E-state index contributed by atoms with van der Waals surface area (Å²) in [5.41, 5.74) is 3.24. The molecule has 0 N–H and O–H groups in total. The molecule has 1 aliphatic rings. The number of rotatable bonds is 2. The van der Waals surface area contributed by atoms with Gasteiger partial charge in [0.05, 0.1) is 0 Å². The molecule has 0 radical (unpaired) electrons. The minimum atomic E-state index is -0.000920. The highest BCUT2D eigenvalue weighted by Crippen LogP contribution is 2.41. The van der Waals surface area contributed by atoms with Gasteiger partial charge in [0.15, 0.2) is 11.0 Å². The lowest BCUT2D eigenvalue weighted by Gasteiger charge is -2.20. The molecule has 2 heterocycles. The highest BCUT2D eigenvalue weighted by molar-refractivity contribution is 7.99. The van der Waals surface area contributed by atoms with E-state index in [9.17, 15) is 4.79 Å². The van der Waals surface area contributed by atoms with E-state index in [1.54, 1.807) is 11.8 Å². The molecule has 1 aromatic heterocycles. The summed E-state index contributed by atoms with van der Waals surface area (Å²) in [5.74, 6) is 0.609. The van der Waals surface area contributed by atoms with E-state index in [0.717, 1.165) is 16.7 Å². The molecule has 0 spiro atoms. The van der Waals surface area contributed by atoms with E-state index in [1.165, 1.54) is 4.68 Å². The van der Waals surface area contributed by atoms with Crippen molar-refractivity contribution in [2.45, 2.75) is 23.8 Å². The fourth-order valence-electron chi connectivity index (χ4n) is 2.71. The van der Waals surface area contributed by atoms with E-state index in [-0.39, 0.29) is 11.2 Å². The first kappa shape index (κ1) is 14.2. The smallest absolute Gasteiger partial charge is 0.250 e. The highest BCUT2D eigenvalue weighted by atomic mass is 32.2. The molecule has 0 unspecified atom stereocenters. The number of carbonyl (C=O) groups excluding carboxylic acids is 1. The van der Waals surface area contributed by atoms with Crippen molar-refractivity contribution < 1.29 is 4.79 Å². The zero-order valence-electron chi connectivity index (χ0n) is 12.6. The van der Waals surface area contributed by atoms with Crippen LogP contribution in [-0.4, -0.2) is 20.7 Å². The zero-order chi connectivity index (χ0) is 15.8. The minimum Gasteiger partial charge on any atom is -0.272 e. The Balaban J connectivity index is 1.70. The predicted molar refractivity (Wildman–Crippen MR) is 90.5 cm³/mol. The predicted octanol–water partition coefficient (Wildman–Crippen LogP) is 4.13. The fraction of sp³-hybridized carbons (Fsp3) is 0.167. The number of carbonyl (C=O) groups is 1. The summed E-state index contributed by atoms with van der Waals surface area (Å²) in [6, 6.07) is 18.1. The molecule has 114 valence electrons. The molecule has 23 heavy (non-hydrogen) atoms. The van der Waals surface area contributed by atoms with Gasteiger partial charge in [0.2, 0.25) is 0 Å². The Morgan fingerprint density at radius 1 is 1.13 bits per heavy atom. The van der Waals surface area contributed by atoms with Gasteiger partial charge in [-0.15, -0.1) is 5.10 Å². The van der Waals surface area contributed by atoms with Gasteiger partial charge in [-0.1, -0.05) is 65.9 Å². The van der Waals surface area contributed by atoms with Crippen molar-refractivity contribution in [3.05, 3.63) is 65.7 Å². The molecular formula is C18H15N3OS. The van der Waals surface area contributed by atoms with Crippen molar-refractivity contribution in [1.29, 1.82) is 0 Å². The Labute approximate surface area is 138 Å². The van der Waals surface area contributed by atoms with E-state index >= 15 is 0 Å². The maximum Gasteiger partial charge on any atom is 0.250 e. The molecule has 0 saturated heterocycles. The third kappa shape index (κ3) is 2.68. The van der Waals surface area contributed by atoms with Crippen molar-refractivity contribution >= 4 is 17.7 Å². The number of nitrogens with zero attached hydrogens (tertiary/aromatic N) is 3. The monoisotopic (exact) mass is 321 g/mol. The molecule has 0 fully saturated rings. The molecule has 4 rings (SSSR count). The first-order chi connectivity index (χ1) is 11.2. The van der Waals surface area contributed by atoms with E-state index in [4.69, 9.17) is 0 Å². The van der Waals surface area contributed by atoms with Crippen LogP contribution in [0.5, 0.6) is 0 Å². The quantitative estimate of drug-likeness (QED) is 0.712. The second-order valence-electron chi connectivity index (χ2n) is 5.61. The summed E-state index contributed by atoms with van der Waals surface area (Å²) in [5, 5.41) is 5.18. The summed E-state index contributed by atoms with van der Waals surface area (Å²) >= 11 is 1.60. The largest absolute Gasteiger partial charge is 0.272 e. The molecule has 2 aromatic carbocycles. The number of thioether (sulfide) groups is 1. The van der Waals surface area contributed by atoms with Crippen molar-refractivity contribution in [3.8, 4) is 11.4 Å². The third-order valence-corrected chi connectivity index (χ3v) is 5.07. The Bertz CT molecular complexity index is 873. The number of benzene rings is 2. The molecule has 0 aliphatic carbocycles. The standard InChI is InChI=1S/C18H15N3OS/c1-12-6-5-9-14(10-12)17-19-18-21(20-17)16(22)11-15(23-18)13-7-3-2-4-8-13/h2-10,15H,11H2,1H3/t15-/m1/s1. The summed E-state index contributed by atoms with van der Waals surface area (Å²) in [4.78, 5) is 17.0. The van der Waals surface area contributed by atoms with E-state index in [0.29, 0.717) is 17.4 Å². The van der Waals surface area contributed by atoms with Gasteiger partial charge in [0.25, 0.3) is 5.91 Å². The Morgan fingerprint density at radius 3 is 2.74 bits per heavy atom. The number of fused-ring (bicyclic) bond motifs is 1. The van der Waals surface area contributed by atoms with Gasteiger partial charge < -0.3 is 0 Å². The van der Waals surface area contributed by atoms with E-state index in [1.807, 2.05) is 49.4 Å². The maximum absolute atomic E-state index is 12.4. The van der Waals surface area contributed by atoms with E-state index < -0.39 is 0 Å². The van der Waals surface area contributed by atoms with Crippen LogP contribution in [0.15, 0.2) is 59.8 Å². The van der Waals surface area contributed by atoms with E-state index in [2.05, 4.69) is 22.2 Å². The lowest BCUT2D eigenvalue weighted by molar-refractivity contribution is 0.0868. The average molecular weight is 321 g/mol. The van der Waals surface area contributed by atoms with Crippen molar-refractivity contribution in [1.82, 2.24) is 14.8 Å². The molecule has 0 amide bonds. The number of hydrogen-bond acceptors (Lipinski definition) is 4. The van der Waals surface area contributed by atoms with Gasteiger partial charge in [-0.3, -0.25) is 4.79 Å². The second-order valence-corrected chi connectivity index (χ2v) is 6.78. The SMILES string of the molecule is Cc1cccc(-c2nc3n(n2)C(=O)C[C@H](c2ccccc2)S3)c1. The van der Waals surface area contributed by atoms with Gasteiger partial charge in [-0.05, 0) is 18.6 Å². The topological polar surface area (TPSA) is 47.8 Å². The summed E-state index contributed by atoms with van der Waals surface area (Å²) in [6.45, 7) is 2.03. The average Bonchev–Trinajstić information content (AvgIpc) is 3.00. The second kappa shape index (κ2) is 5.66. The molecule has 0 saturated carbocycles. The van der Waals surface area contributed by atoms with Crippen LogP contribution in [0.25, 0.3) is 11.4 Å². The minimum absolute atomic E-state index is 0.000920. The highest BCUT2D eigenvalue weighted by Gasteiger charge is 2.30. The molecular weight excluding hydrogens is 306 g/mol. The summed E-state index contributed by atoms with van der Waals surface area (Å²) in [7, 11) is 0. The van der Waals surface area contributed by atoms with Gasteiger partial charge >= 0.3 is 0 Å². The maximum atomic E-state index is 12.4. The normalized spacial score (nSPS) is 17.1. The number of aromatic nitrogens is 3. The van der Waals surface area contributed by atoms with Crippen LogP contribution in [0, 0.1) is 6.92 Å². The third-order valence-electron chi connectivity index (χ3n) is 3.87. The van der Waals surface area contributed by atoms with Crippen LogP contribution in [-0.2, 0) is 0 Å². The fourth-order valence-corrected chi connectivity index (χ4v) is 3.87. The number of aryl methyl sites for hydroxylation is 1. The van der Waals surface area contributed by atoms with Crippen molar-refractivity contribution in [2.24, 2.45) is 0 Å². The molecule has 5 heteroatoms. The molecule has 1 aliphatic heterocycles. The van der Waals surface area contributed by atoms with Crippen LogP contribution >= 0.6 is 11.8 Å². The summed E-state index contributed by atoms with van der Waals surface area (Å²) in [6.07, 6.45) is 0.443. The van der Waals surface area contributed by atoms with Crippen molar-refractivity contribution in [3.63, 3.8) is 0 Å². The lowest BCUT2D eigenvalue weighted by Crippen LogP contribution is -2.20.